The van der Waals surface area contributed by atoms with Crippen molar-refractivity contribution in [3.63, 3.8) is 0 Å². The number of amides is 2. The van der Waals surface area contributed by atoms with Gasteiger partial charge in [-0.2, -0.15) is 0 Å². The Hall–Kier alpha value is -3.39. The van der Waals surface area contributed by atoms with E-state index in [1.165, 1.54) is 0 Å². The molecule has 2 aromatic carbocycles. The minimum atomic E-state index is -1.13. The quantitative estimate of drug-likeness (QED) is 0.642. The summed E-state index contributed by atoms with van der Waals surface area (Å²) in [6.45, 7) is 1.76. The number of benzene rings is 2. The Bertz CT molecular complexity index is 890. The first-order valence-corrected chi connectivity index (χ1v) is 9.84. The lowest BCUT2D eigenvalue weighted by molar-refractivity contribution is -0.139. The molecule has 2 aromatic rings. The van der Waals surface area contributed by atoms with Gasteiger partial charge >= 0.3 is 12.1 Å². The summed E-state index contributed by atoms with van der Waals surface area (Å²) in [7, 11) is 0. The number of likely N-dealkylation sites (tertiary alicyclic amines) is 1. The van der Waals surface area contributed by atoms with Crippen LogP contribution in [-0.2, 0) is 17.8 Å². The first-order chi connectivity index (χ1) is 14.5. The zero-order chi connectivity index (χ0) is 21.5. The normalized spacial score (nSPS) is 14.2. The molecule has 30 heavy (non-hydrogen) atoms. The van der Waals surface area contributed by atoms with Crippen LogP contribution in [0.3, 0.4) is 0 Å². The summed E-state index contributed by atoms with van der Waals surface area (Å²) in [5.74, 6) is -1.21. The maximum atomic E-state index is 12.4. The largest absolute Gasteiger partial charge is 0.480 e. The van der Waals surface area contributed by atoms with Crippen LogP contribution in [-0.4, -0.2) is 47.1 Å². The summed E-state index contributed by atoms with van der Waals surface area (Å²) in [6.07, 6.45) is 1.68. The Kier molecular flexibility index (Phi) is 7.03. The van der Waals surface area contributed by atoms with E-state index in [4.69, 9.17) is 10.5 Å². The van der Waals surface area contributed by atoms with Crippen molar-refractivity contribution in [2.45, 2.75) is 31.8 Å². The fourth-order valence-electron chi connectivity index (χ4n) is 3.23. The molecule has 0 spiro atoms. The highest BCUT2D eigenvalue weighted by Crippen LogP contribution is 2.17. The molecule has 0 unspecified atom stereocenters. The van der Waals surface area contributed by atoms with Gasteiger partial charge in [-0.15, -0.1) is 0 Å². The highest BCUT2D eigenvalue weighted by molar-refractivity contribution is 5.96. The van der Waals surface area contributed by atoms with E-state index in [2.05, 4.69) is 5.32 Å². The van der Waals surface area contributed by atoms with E-state index in [-0.39, 0.29) is 12.5 Å². The van der Waals surface area contributed by atoms with Crippen molar-refractivity contribution in [3.8, 4) is 5.75 Å². The summed E-state index contributed by atoms with van der Waals surface area (Å²) in [6, 6.07) is 12.2. The van der Waals surface area contributed by atoms with E-state index in [0.717, 1.165) is 18.4 Å². The van der Waals surface area contributed by atoms with Gasteiger partial charge < -0.3 is 25.8 Å². The van der Waals surface area contributed by atoms with Crippen LogP contribution in [0.2, 0.25) is 0 Å². The van der Waals surface area contributed by atoms with E-state index in [0.29, 0.717) is 36.5 Å². The Morgan fingerprint density at radius 3 is 2.17 bits per heavy atom. The predicted octanol–water partition coefficient (Wildman–Crippen LogP) is 2.17. The minimum absolute atomic E-state index is 0.0995. The predicted molar refractivity (Wildman–Crippen MR) is 110 cm³/mol. The Labute approximate surface area is 174 Å². The number of hydrogen-bond donors (Lipinski definition) is 3. The van der Waals surface area contributed by atoms with Crippen molar-refractivity contribution in [1.29, 1.82) is 0 Å². The Morgan fingerprint density at radius 1 is 1.00 bits per heavy atom. The standard InChI is InChI=1S/C22H25N3O5/c23-14-16-3-7-17(8-4-16)20(26)24-19(21(27)28)13-15-5-9-18(10-6-15)30-22(29)25-11-1-2-12-25/h3-10,19H,1-2,11-14,23H2,(H,24,26)(H,27,28)/t19-/m0/s1. The molecule has 0 aliphatic carbocycles. The average molecular weight is 411 g/mol. The number of rotatable bonds is 7. The van der Waals surface area contributed by atoms with Crippen molar-refractivity contribution in [1.82, 2.24) is 10.2 Å². The third kappa shape index (κ3) is 5.57. The minimum Gasteiger partial charge on any atom is -0.480 e. The van der Waals surface area contributed by atoms with Crippen molar-refractivity contribution in [2.75, 3.05) is 13.1 Å². The van der Waals surface area contributed by atoms with Gasteiger partial charge in [0.25, 0.3) is 5.91 Å². The van der Waals surface area contributed by atoms with Gasteiger partial charge in [0.15, 0.2) is 0 Å². The number of hydrogen-bond acceptors (Lipinski definition) is 5. The Balaban J connectivity index is 1.59. The molecule has 0 radical (unpaired) electrons. The molecular weight excluding hydrogens is 386 g/mol. The molecule has 4 N–H and O–H groups in total. The SMILES string of the molecule is NCc1ccc(C(=O)N[C@@H](Cc2ccc(OC(=O)N3CCCC3)cc2)C(=O)O)cc1. The number of nitrogens with one attached hydrogen (secondary N) is 1. The number of carbonyl (C=O) groups is 3. The second-order valence-electron chi connectivity index (χ2n) is 7.18. The maximum Gasteiger partial charge on any atom is 0.415 e. The van der Waals surface area contributed by atoms with Gasteiger partial charge in [-0.25, -0.2) is 9.59 Å². The van der Waals surface area contributed by atoms with Gasteiger partial charge in [-0.1, -0.05) is 24.3 Å². The van der Waals surface area contributed by atoms with Crippen molar-refractivity contribution < 1.29 is 24.2 Å². The van der Waals surface area contributed by atoms with Crippen LogP contribution >= 0.6 is 0 Å². The molecule has 1 fully saturated rings. The van der Waals surface area contributed by atoms with Gasteiger partial charge in [-0.3, -0.25) is 4.79 Å². The molecule has 1 aliphatic rings. The van der Waals surface area contributed by atoms with Crippen LogP contribution in [0.1, 0.15) is 34.3 Å². The first kappa shape index (κ1) is 21.3. The molecular formula is C22H25N3O5. The third-order valence-electron chi connectivity index (χ3n) is 4.99. The lowest BCUT2D eigenvalue weighted by Crippen LogP contribution is -2.42. The third-order valence-corrected chi connectivity index (χ3v) is 4.99. The maximum absolute atomic E-state index is 12.4. The zero-order valence-electron chi connectivity index (χ0n) is 16.5. The highest BCUT2D eigenvalue weighted by Gasteiger charge is 2.22. The summed E-state index contributed by atoms with van der Waals surface area (Å²) in [5, 5.41) is 12.0. The second kappa shape index (κ2) is 9.89. The molecule has 158 valence electrons. The number of nitrogens with zero attached hydrogens (tertiary/aromatic N) is 1. The smallest absolute Gasteiger partial charge is 0.415 e. The second-order valence-corrected chi connectivity index (χ2v) is 7.18. The number of aliphatic carboxylic acids is 1. The number of carboxylic acid groups (broad SMARTS) is 1. The van der Waals surface area contributed by atoms with Crippen LogP contribution in [0.5, 0.6) is 5.75 Å². The van der Waals surface area contributed by atoms with Crippen molar-refractivity contribution in [2.24, 2.45) is 5.73 Å². The monoisotopic (exact) mass is 411 g/mol. The van der Waals surface area contributed by atoms with E-state index < -0.39 is 17.9 Å². The molecule has 1 atom stereocenters. The summed E-state index contributed by atoms with van der Waals surface area (Å²) in [5.41, 5.74) is 7.48. The summed E-state index contributed by atoms with van der Waals surface area (Å²) in [4.78, 5) is 37.7. The van der Waals surface area contributed by atoms with E-state index in [1.54, 1.807) is 53.4 Å². The van der Waals surface area contributed by atoms with Gasteiger partial charge in [0.1, 0.15) is 11.8 Å². The first-order valence-electron chi connectivity index (χ1n) is 9.84. The molecule has 1 aliphatic heterocycles. The molecule has 1 heterocycles. The average Bonchev–Trinajstić information content (AvgIpc) is 3.29. The zero-order valence-corrected chi connectivity index (χ0v) is 16.5. The number of nitrogens with two attached hydrogens (primary N) is 1. The Morgan fingerprint density at radius 2 is 1.60 bits per heavy atom. The molecule has 8 heteroatoms. The number of carbonyl (C=O) groups excluding carboxylic acids is 2. The summed E-state index contributed by atoms with van der Waals surface area (Å²) >= 11 is 0. The van der Waals surface area contributed by atoms with Crippen LogP contribution in [0.15, 0.2) is 48.5 Å². The van der Waals surface area contributed by atoms with Crippen molar-refractivity contribution >= 4 is 18.0 Å². The van der Waals surface area contributed by atoms with Crippen LogP contribution in [0, 0.1) is 0 Å². The summed E-state index contributed by atoms with van der Waals surface area (Å²) < 4.78 is 5.34. The molecule has 8 nitrogen and oxygen atoms in total. The topological polar surface area (TPSA) is 122 Å². The number of ether oxygens (including phenoxy) is 1. The molecule has 0 aromatic heterocycles. The van der Waals surface area contributed by atoms with E-state index in [1.807, 2.05) is 0 Å². The van der Waals surface area contributed by atoms with Gasteiger partial charge in [0.05, 0.1) is 0 Å². The van der Waals surface area contributed by atoms with Crippen molar-refractivity contribution in [3.05, 3.63) is 65.2 Å². The van der Waals surface area contributed by atoms with Gasteiger partial charge in [0.2, 0.25) is 0 Å². The van der Waals surface area contributed by atoms with Gasteiger partial charge in [0, 0.05) is 31.6 Å². The van der Waals surface area contributed by atoms with Crippen LogP contribution in [0.25, 0.3) is 0 Å². The van der Waals surface area contributed by atoms with Gasteiger partial charge in [-0.05, 0) is 48.2 Å². The molecule has 1 saturated heterocycles. The lowest BCUT2D eigenvalue weighted by Gasteiger charge is -2.16. The van der Waals surface area contributed by atoms with E-state index in [9.17, 15) is 19.5 Å². The highest BCUT2D eigenvalue weighted by atomic mass is 16.6. The van der Waals surface area contributed by atoms with Crippen LogP contribution < -0.4 is 15.8 Å². The lowest BCUT2D eigenvalue weighted by atomic mass is 10.0. The molecule has 0 saturated carbocycles. The fraction of sp³-hybridized carbons (Fsp3) is 0.318. The number of carboxylic acids is 1. The van der Waals surface area contributed by atoms with E-state index >= 15 is 0 Å². The van der Waals surface area contributed by atoms with Crippen LogP contribution in [0.4, 0.5) is 4.79 Å². The fourth-order valence-corrected chi connectivity index (χ4v) is 3.23. The molecule has 3 rings (SSSR count). The molecule has 2 amide bonds. The molecule has 0 bridgehead atoms.